The molecule has 1 aromatic carbocycles. The van der Waals surface area contributed by atoms with Crippen LogP contribution in [0, 0.1) is 5.41 Å². The molecule has 3 nitrogen and oxygen atoms in total. The Morgan fingerprint density at radius 2 is 1.86 bits per heavy atom. The van der Waals surface area contributed by atoms with Crippen molar-refractivity contribution in [2.75, 3.05) is 20.2 Å². The Bertz CT molecular complexity index is 459. The summed E-state index contributed by atoms with van der Waals surface area (Å²) in [6, 6.07) is 9.00. The molecule has 1 aliphatic heterocycles. The molecule has 2 rings (SSSR count). The van der Waals surface area contributed by atoms with Crippen molar-refractivity contribution >= 4 is 0 Å². The van der Waals surface area contributed by atoms with Crippen LogP contribution in [0.3, 0.4) is 0 Å². The molecule has 0 spiro atoms. The lowest BCUT2D eigenvalue weighted by Gasteiger charge is -2.49. The molecule has 0 aromatic heterocycles. The molecule has 21 heavy (non-hydrogen) atoms. The maximum absolute atomic E-state index is 5.24. The molecule has 1 saturated heterocycles. The van der Waals surface area contributed by atoms with Crippen molar-refractivity contribution in [1.82, 2.24) is 10.2 Å². The summed E-state index contributed by atoms with van der Waals surface area (Å²) in [6.07, 6.45) is 0. The number of piperazine rings is 1. The summed E-state index contributed by atoms with van der Waals surface area (Å²) in [7, 11) is 1.71. The van der Waals surface area contributed by atoms with Crippen LogP contribution >= 0.6 is 0 Å². The van der Waals surface area contributed by atoms with E-state index in [-0.39, 0.29) is 11.0 Å². The Hall–Kier alpha value is -1.06. The van der Waals surface area contributed by atoms with E-state index in [1.807, 2.05) is 0 Å². The van der Waals surface area contributed by atoms with Gasteiger partial charge in [0.15, 0.2) is 0 Å². The molecule has 0 bridgehead atoms. The van der Waals surface area contributed by atoms with Gasteiger partial charge >= 0.3 is 0 Å². The summed E-state index contributed by atoms with van der Waals surface area (Å²) in [6.45, 7) is 14.7. The molecule has 0 radical (unpaired) electrons. The molecule has 1 unspecified atom stereocenters. The number of ether oxygens (including phenoxy) is 1. The normalized spacial score (nSPS) is 23.0. The number of hydrogen-bond donors (Lipinski definition) is 1. The lowest BCUT2D eigenvalue weighted by molar-refractivity contribution is 0.0272. The van der Waals surface area contributed by atoms with Gasteiger partial charge in [0, 0.05) is 31.2 Å². The van der Waals surface area contributed by atoms with Gasteiger partial charge in [-0.1, -0.05) is 32.9 Å². The van der Waals surface area contributed by atoms with Crippen molar-refractivity contribution in [3.05, 3.63) is 29.8 Å². The van der Waals surface area contributed by atoms with Crippen LogP contribution in [0.2, 0.25) is 0 Å². The second-order valence-corrected chi connectivity index (χ2v) is 7.90. The second kappa shape index (κ2) is 5.98. The molecule has 1 N–H and O–H groups in total. The van der Waals surface area contributed by atoms with Crippen molar-refractivity contribution in [3.63, 3.8) is 0 Å². The Kier molecular flexibility index (Phi) is 4.64. The summed E-state index contributed by atoms with van der Waals surface area (Å²) in [5.41, 5.74) is 1.80. The molecule has 1 heterocycles. The average molecular weight is 290 g/mol. The third-order valence-electron chi connectivity index (χ3n) is 4.36. The largest absolute Gasteiger partial charge is 0.497 e. The summed E-state index contributed by atoms with van der Waals surface area (Å²) < 4.78 is 5.24. The van der Waals surface area contributed by atoms with Crippen molar-refractivity contribution < 1.29 is 4.74 Å². The van der Waals surface area contributed by atoms with E-state index in [1.165, 1.54) is 5.56 Å². The standard InChI is InChI=1S/C18H30N2O/c1-17(2,3)16-11-19-18(4,5)13-20(16)12-14-7-9-15(21-6)10-8-14/h7-10,16,19H,11-13H2,1-6H3. The van der Waals surface area contributed by atoms with Crippen LogP contribution in [0.25, 0.3) is 0 Å². The monoisotopic (exact) mass is 290 g/mol. The van der Waals surface area contributed by atoms with Crippen molar-refractivity contribution in [3.8, 4) is 5.75 Å². The smallest absolute Gasteiger partial charge is 0.118 e. The molecule has 3 heteroatoms. The third kappa shape index (κ3) is 4.21. The number of methoxy groups -OCH3 is 1. The first-order valence-electron chi connectivity index (χ1n) is 7.83. The van der Waals surface area contributed by atoms with Crippen LogP contribution in [0.4, 0.5) is 0 Å². The molecule has 118 valence electrons. The Labute approximate surface area is 129 Å². The predicted molar refractivity (Wildman–Crippen MR) is 88.7 cm³/mol. The van der Waals surface area contributed by atoms with Gasteiger partial charge in [0.2, 0.25) is 0 Å². The zero-order chi connectivity index (χ0) is 15.7. The minimum Gasteiger partial charge on any atom is -0.497 e. The molecule has 1 aromatic rings. The summed E-state index contributed by atoms with van der Waals surface area (Å²) in [5, 5.41) is 3.69. The van der Waals surface area contributed by atoms with Gasteiger partial charge in [-0.05, 0) is 37.0 Å². The van der Waals surface area contributed by atoms with Crippen LogP contribution in [0.1, 0.15) is 40.2 Å². The van der Waals surface area contributed by atoms with Crippen LogP contribution < -0.4 is 10.1 Å². The van der Waals surface area contributed by atoms with Gasteiger partial charge in [0.05, 0.1) is 7.11 Å². The van der Waals surface area contributed by atoms with Crippen LogP contribution in [0.5, 0.6) is 5.75 Å². The first-order valence-corrected chi connectivity index (χ1v) is 7.83. The van der Waals surface area contributed by atoms with E-state index in [2.05, 4.69) is 69.1 Å². The van der Waals surface area contributed by atoms with E-state index in [0.29, 0.717) is 6.04 Å². The lowest BCUT2D eigenvalue weighted by Crippen LogP contribution is -2.64. The summed E-state index contributed by atoms with van der Waals surface area (Å²) in [4.78, 5) is 2.62. The molecule has 1 fully saturated rings. The van der Waals surface area contributed by atoms with E-state index in [4.69, 9.17) is 4.74 Å². The van der Waals surface area contributed by atoms with Crippen LogP contribution in [0.15, 0.2) is 24.3 Å². The number of nitrogens with one attached hydrogen (secondary N) is 1. The minimum atomic E-state index is 0.175. The van der Waals surface area contributed by atoms with Gasteiger partial charge in [0.25, 0.3) is 0 Å². The van der Waals surface area contributed by atoms with E-state index >= 15 is 0 Å². The summed E-state index contributed by atoms with van der Waals surface area (Å²) in [5.74, 6) is 0.923. The Balaban J connectivity index is 2.15. The minimum absolute atomic E-state index is 0.175. The number of nitrogens with zero attached hydrogens (tertiary/aromatic N) is 1. The number of hydrogen-bond acceptors (Lipinski definition) is 3. The van der Waals surface area contributed by atoms with Crippen molar-refractivity contribution in [2.24, 2.45) is 5.41 Å². The van der Waals surface area contributed by atoms with Gasteiger partial charge in [-0.2, -0.15) is 0 Å². The fourth-order valence-corrected chi connectivity index (χ4v) is 3.16. The highest BCUT2D eigenvalue weighted by Gasteiger charge is 2.38. The van der Waals surface area contributed by atoms with Crippen molar-refractivity contribution in [1.29, 1.82) is 0 Å². The van der Waals surface area contributed by atoms with Gasteiger partial charge in [-0.25, -0.2) is 0 Å². The molecular weight excluding hydrogens is 260 g/mol. The van der Waals surface area contributed by atoms with Crippen molar-refractivity contribution in [2.45, 2.75) is 52.7 Å². The Morgan fingerprint density at radius 3 is 2.38 bits per heavy atom. The zero-order valence-electron chi connectivity index (χ0n) is 14.4. The molecule has 1 aliphatic rings. The van der Waals surface area contributed by atoms with Crippen LogP contribution in [-0.2, 0) is 6.54 Å². The van der Waals surface area contributed by atoms with Gasteiger partial charge in [-0.3, -0.25) is 4.90 Å². The van der Waals surface area contributed by atoms with Gasteiger partial charge < -0.3 is 10.1 Å². The lowest BCUT2D eigenvalue weighted by atomic mass is 9.82. The first kappa shape index (κ1) is 16.3. The Morgan fingerprint density at radius 1 is 1.24 bits per heavy atom. The van der Waals surface area contributed by atoms with Crippen LogP contribution in [-0.4, -0.2) is 36.7 Å². The SMILES string of the molecule is COc1ccc(CN2CC(C)(C)NCC2C(C)(C)C)cc1. The first-order chi connectivity index (χ1) is 9.71. The highest BCUT2D eigenvalue weighted by atomic mass is 16.5. The molecule has 0 saturated carbocycles. The third-order valence-corrected chi connectivity index (χ3v) is 4.36. The highest BCUT2D eigenvalue weighted by molar-refractivity contribution is 5.27. The fraction of sp³-hybridized carbons (Fsp3) is 0.667. The molecular formula is C18H30N2O. The second-order valence-electron chi connectivity index (χ2n) is 7.90. The maximum Gasteiger partial charge on any atom is 0.118 e. The van der Waals surface area contributed by atoms with E-state index in [1.54, 1.807) is 7.11 Å². The number of rotatable bonds is 3. The molecule has 0 aliphatic carbocycles. The maximum atomic E-state index is 5.24. The summed E-state index contributed by atoms with van der Waals surface area (Å²) >= 11 is 0. The van der Waals surface area contributed by atoms with E-state index < -0.39 is 0 Å². The molecule has 0 amide bonds. The number of benzene rings is 1. The highest BCUT2D eigenvalue weighted by Crippen LogP contribution is 2.30. The predicted octanol–water partition coefficient (Wildman–Crippen LogP) is 3.29. The topological polar surface area (TPSA) is 24.5 Å². The van der Waals surface area contributed by atoms with Gasteiger partial charge in [-0.15, -0.1) is 0 Å². The average Bonchev–Trinajstić information content (AvgIpc) is 2.37. The zero-order valence-corrected chi connectivity index (χ0v) is 14.4. The van der Waals surface area contributed by atoms with E-state index in [9.17, 15) is 0 Å². The van der Waals surface area contributed by atoms with Gasteiger partial charge in [0.1, 0.15) is 5.75 Å². The quantitative estimate of drug-likeness (QED) is 0.924. The fourth-order valence-electron chi connectivity index (χ4n) is 3.16. The molecule has 1 atom stereocenters. The van der Waals surface area contributed by atoms with E-state index in [0.717, 1.165) is 25.4 Å².